The highest BCUT2D eigenvalue weighted by molar-refractivity contribution is 7.19. The van der Waals surface area contributed by atoms with Gasteiger partial charge in [0.2, 0.25) is 0 Å². The van der Waals surface area contributed by atoms with Gasteiger partial charge in [0.05, 0.1) is 5.02 Å². The smallest absolute Gasteiger partial charge is 0.0636 e. The topological polar surface area (TPSA) is 21.3 Å². The van der Waals surface area contributed by atoms with Crippen molar-refractivity contribution in [2.45, 2.75) is 19.4 Å². The normalized spacial score (nSPS) is 11.2. The van der Waals surface area contributed by atoms with E-state index in [9.17, 15) is 0 Å². The summed E-state index contributed by atoms with van der Waals surface area (Å²) < 4.78 is 6.28. The minimum Gasteiger partial charge on any atom is -0.385 e. The van der Waals surface area contributed by atoms with Crippen LogP contribution in [0.1, 0.15) is 17.7 Å². The second kappa shape index (κ2) is 7.10. The predicted octanol–water partition coefficient (Wildman–Crippen LogP) is 4.07. The van der Waals surface area contributed by atoms with Crippen LogP contribution in [0, 0.1) is 0 Å². The predicted molar refractivity (Wildman–Crippen MR) is 79.7 cm³/mol. The van der Waals surface area contributed by atoms with Crippen molar-refractivity contribution in [1.82, 2.24) is 5.32 Å². The van der Waals surface area contributed by atoms with Crippen LogP contribution in [0.3, 0.4) is 0 Å². The summed E-state index contributed by atoms with van der Waals surface area (Å²) in [6.45, 7) is 2.70. The van der Waals surface area contributed by atoms with Crippen molar-refractivity contribution >= 4 is 33.0 Å². The number of unbranched alkanes of at least 4 members (excludes halogenated alkanes) is 1. The molecule has 0 aliphatic carbocycles. The van der Waals surface area contributed by atoms with Crippen LogP contribution < -0.4 is 5.32 Å². The van der Waals surface area contributed by atoms with E-state index >= 15 is 0 Å². The number of fused-ring (bicyclic) bond motifs is 1. The summed E-state index contributed by atoms with van der Waals surface area (Å²) in [7, 11) is 1.74. The van der Waals surface area contributed by atoms with Gasteiger partial charge in [0.15, 0.2) is 0 Å². The third-order valence-corrected chi connectivity index (χ3v) is 4.55. The zero-order valence-electron chi connectivity index (χ0n) is 10.5. The van der Waals surface area contributed by atoms with Crippen molar-refractivity contribution in [2.24, 2.45) is 0 Å². The number of nitrogens with one attached hydrogen (secondary N) is 1. The Morgan fingerprint density at radius 3 is 2.89 bits per heavy atom. The molecule has 2 rings (SSSR count). The fourth-order valence-corrected chi connectivity index (χ4v) is 3.35. The maximum atomic E-state index is 6.37. The molecule has 1 N–H and O–H groups in total. The summed E-state index contributed by atoms with van der Waals surface area (Å²) >= 11 is 8.14. The van der Waals surface area contributed by atoms with E-state index in [2.05, 4.69) is 23.5 Å². The Balaban J connectivity index is 1.86. The maximum Gasteiger partial charge on any atom is 0.0636 e. The molecular formula is C14H18ClNOS. The van der Waals surface area contributed by atoms with E-state index in [1.165, 1.54) is 15.0 Å². The fourth-order valence-electron chi connectivity index (χ4n) is 1.88. The first-order valence-corrected chi connectivity index (χ1v) is 7.38. The average Bonchev–Trinajstić information content (AvgIpc) is 2.71. The van der Waals surface area contributed by atoms with Crippen LogP contribution >= 0.6 is 22.9 Å². The number of halogens is 1. The molecule has 0 fully saturated rings. The van der Waals surface area contributed by atoms with Crippen LogP contribution in [0.4, 0.5) is 0 Å². The average molecular weight is 284 g/mol. The quantitative estimate of drug-likeness (QED) is 0.774. The lowest BCUT2D eigenvalue weighted by Gasteiger charge is -2.03. The van der Waals surface area contributed by atoms with Gasteiger partial charge in [-0.2, -0.15) is 0 Å². The standard InChI is InChI=1S/C14H18ClNOS/c1-17-9-5-4-8-16-10-13-14(15)11-6-2-3-7-12(11)18-13/h2-3,6-7,16H,4-5,8-10H2,1H3. The zero-order chi connectivity index (χ0) is 12.8. The van der Waals surface area contributed by atoms with E-state index in [0.717, 1.165) is 37.6 Å². The molecule has 1 aromatic carbocycles. The molecule has 2 nitrogen and oxygen atoms in total. The molecule has 1 aromatic heterocycles. The molecule has 4 heteroatoms. The van der Waals surface area contributed by atoms with E-state index in [1.54, 1.807) is 18.4 Å². The Kier molecular flexibility index (Phi) is 5.45. The molecular weight excluding hydrogens is 266 g/mol. The summed E-state index contributed by atoms with van der Waals surface area (Å²) in [5, 5.41) is 5.50. The molecule has 98 valence electrons. The van der Waals surface area contributed by atoms with Crippen LogP contribution in [-0.4, -0.2) is 20.3 Å². The molecule has 1 heterocycles. The van der Waals surface area contributed by atoms with Gasteiger partial charge >= 0.3 is 0 Å². The van der Waals surface area contributed by atoms with Crippen LogP contribution in [0.25, 0.3) is 10.1 Å². The molecule has 0 amide bonds. The highest BCUT2D eigenvalue weighted by Gasteiger charge is 2.08. The van der Waals surface area contributed by atoms with Crippen molar-refractivity contribution < 1.29 is 4.74 Å². The molecule has 0 radical (unpaired) electrons. The van der Waals surface area contributed by atoms with Crippen LogP contribution in [0.5, 0.6) is 0 Å². The second-order valence-electron chi connectivity index (χ2n) is 4.21. The molecule has 0 atom stereocenters. The Morgan fingerprint density at radius 2 is 2.11 bits per heavy atom. The number of rotatable bonds is 7. The summed E-state index contributed by atoms with van der Waals surface area (Å²) in [6, 6.07) is 8.28. The third kappa shape index (κ3) is 3.45. The Morgan fingerprint density at radius 1 is 1.28 bits per heavy atom. The number of methoxy groups -OCH3 is 1. The van der Waals surface area contributed by atoms with Gasteiger partial charge in [-0.25, -0.2) is 0 Å². The van der Waals surface area contributed by atoms with E-state index in [1.807, 2.05) is 6.07 Å². The van der Waals surface area contributed by atoms with Gasteiger partial charge in [0.1, 0.15) is 0 Å². The first kappa shape index (κ1) is 13.8. The number of hydrogen-bond donors (Lipinski definition) is 1. The molecule has 0 unspecified atom stereocenters. The molecule has 0 spiro atoms. The van der Waals surface area contributed by atoms with Gasteiger partial charge in [-0.3, -0.25) is 0 Å². The summed E-state index contributed by atoms with van der Waals surface area (Å²) in [5.41, 5.74) is 0. The maximum absolute atomic E-state index is 6.37. The molecule has 18 heavy (non-hydrogen) atoms. The number of thiophene rings is 1. The highest BCUT2D eigenvalue weighted by atomic mass is 35.5. The third-order valence-electron chi connectivity index (χ3n) is 2.84. The van der Waals surface area contributed by atoms with E-state index < -0.39 is 0 Å². The second-order valence-corrected chi connectivity index (χ2v) is 5.73. The minimum absolute atomic E-state index is 0.839. The summed E-state index contributed by atoms with van der Waals surface area (Å²) in [4.78, 5) is 1.23. The van der Waals surface area contributed by atoms with Gasteiger partial charge in [0.25, 0.3) is 0 Å². The highest BCUT2D eigenvalue weighted by Crippen LogP contribution is 2.34. The molecule has 0 aliphatic rings. The summed E-state index contributed by atoms with van der Waals surface area (Å²) in [6.07, 6.45) is 2.24. The van der Waals surface area contributed by atoms with Gasteiger partial charge in [-0.1, -0.05) is 29.8 Å². The van der Waals surface area contributed by atoms with E-state index in [4.69, 9.17) is 16.3 Å². The van der Waals surface area contributed by atoms with Crippen molar-refractivity contribution in [3.63, 3.8) is 0 Å². The molecule has 0 saturated carbocycles. The zero-order valence-corrected chi connectivity index (χ0v) is 12.1. The van der Waals surface area contributed by atoms with Crippen LogP contribution in [0.15, 0.2) is 24.3 Å². The van der Waals surface area contributed by atoms with Gasteiger partial charge in [-0.05, 0) is 25.5 Å². The van der Waals surface area contributed by atoms with Gasteiger partial charge < -0.3 is 10.1 Å². The number of ether oxygens (including phenoxy) is 1. The van der Waals surface area contributed by atoms with Gasteiger partial charge in [-0.15, -0.1) is 11.3 Å². The Bertz CT molecular complexity index is 497. The first-order chi connectivity index (χ1) is 8.83. The van der Waals surface area contributed by atoms with Crippen molar-refractivity contribution in [3.05, 3.63) is 34.2 Å². The molecule has 0 bridgehead atoms. The largest absolute Gasteiger partial charge is 0.385 e. The lowest BCUT2D eigenvalue weighted by molar-refractivity contribution is 0.192. The first-order valence-electron chi connectivity index (χ1n) is 6.18. The van der Waals surface area contributed by atoms with Crippen molar-refractivity contribution in [1.29, 1.82) is 0 Å². The van der Waals surface area contributed by atoms with Gasteiger partial charge in [0, 0.05) is 35.2 Å². The minimum atomic E-state index is 0.839. The summed E-state index contributed by atoms with van der Waals surface area (Å²) in [5.74, 6) is 0. The Hall–Kier alpha value is -0.610. The molecule has 0 saturated heterocycles. The van der Waals surface area contributed by atoms with Crippen LogP contribution in [0.2, 0.25) is 5.02 Å². The van der Waals surface area contributed by atoms with Crippen molar-refractivity contribution in [2.75, 3.05) is 20.3 Å². The lowest BCUT2D eigenvalue weighted by atomic mass is 10.2. The fraction of sp³-hybridized carbons (Fsp3) is 0.429. The lowest BCUT2D eigenvalue weighted by Crippen LogP contribution is -2.14. The number of hydrogen-bond acceptors (Lipinski definition) is 3. The molecule has 0 aliphatic heterocycles. The van der Waals surface area contributed by atoms with Crippen molar-refractivity contribution in [3.8, 4) is 0 Å². The Labute approximate surface area is 117 Å². The number of benzene rings is 1. The SMILES string of the molecule is COCCCCNCc1sc2ccccc2c1Cl. The van der Waals surface area contributed by atoms with E-state index in [-0.39, 0.29) is 0 Å². The molecule has 2 aromatic rings. The van der Waals surface area contributed by atoms with E-state index in [0.29, 0.717) is 0 Å². The van der Waals surface area contributed by atoms with Crippen LogP contribution in [-0.2, 0) is 11.3 Å². The monoisotopic (exact) mass is 283 g/mol.